The Bertz CT molecular complexity index is 1800. The van der Waals surface area contributed by atoms with E-state index < -0.39 is 6.10 Å². The average Bonchev–Trinajstić information content (AvgIpc) is 3.49. The van der Waals surface area contributed by atoms with Gasteiger partial charge in [-0.15, -0.1) is 0 Å². The molecule has 0 amide bonds. The Hall–Kier alpha value is -4.71. The summed E-state index contributed by atoms with van der Waals surface area (Å²) in [7, 11) is 0. The molecule has 0 spiro atoms. The Kier molecular flexibility index (Phi) is 65.8. The van der Waals surface area contributed by atoms with Crippen LogP contribution >= 0.6 is 0 Å². The molecule has 0 radical (unpaired) electrons. The van der Waals surface area contributed by atoms with Gasteiger partial charge in [0.1, 0.15) is 13.2 Å². The fourth-order valence-electron chi connectivity index (χ4n) is 9.27. The van der Waals surface area contributed by atoms with E-state index in [2.05, 4.69) is 167 Å². The lowest BCUT2D eigenvalue weighted by Crippen LogP contribution is -2.30. The van der Waals surface area contributed by atoms with Crippen LogP contribution in [0.2, 0.25) is 0 Å². The van der Waals surface area contributed by atoms with E-state index in [0.29, 0.717) is 12.8 Å². The molecule has 6 heteroatoms. The second kappa shape index (κ2) is 69.8. The van der Waals surface area contributed by atoms with Crippen molar-refractivity contribution in [3.63, 3.8) is 0 Å². The normalized spacial score (nSPS) is 13.0. The van der Waals surface area contributed by atoms with E-state index in [1.165, 1.54) is 116 Å². The Morgan fingerprint density at radius 1 is 0.253 bits per heavy atom. The minimum atomic E-state index is -0.807. The molecule has 0 aromatic rings. The number of unbranched alkanes of at least 4 members (excludes halogenated alkanes) is 26. The zero-order valence-corrected chi connectivity index (χ0v) is 53.9. The molecule has 1 atom stereocenters. The molecule has 0 saturated heterocycles. The van der Waals surface area contributed by atoms with E-state index in [1.807, 2.05) is 0 Å². The zero-order chi connectivity index (χ0) is 59.9. The summed E-state index contributed by atoms with van der Waals surface area (Å²) in [5.74, 6) is -0.935. The van der Waals surface area contributed by atoms with Crippen molar-refractivity contribution in [1.82, 2.24) is 0 Å². The molecule has 0 saturated carbocycles. The highest BCUT2D eigenvalue weighted by Gasteiger charge is 2.19. The summed E-state index contributed by atoms with van der Waals surface area (Å²) in [6.45, 7) is 6.40. The van der Waals surface area contributed by atoms with Gasteiger partial charge in [-0.25, -0.2) is 0 Å². The van der Waals surface area contributed by atoms with Crippen LogP contribution in [0.15, 0.2) is 146 Å². The lowest BCUT2D eigenvalue weighted by Gasteiger charge is -2.18. The topological polar surface area (TPSA) is 78.9 Å². The number of hydrogen-bond donors (Lipinski definition) is 0. The van der Waals surface area contributed by atoms with Crippen LogP contribution in [0.1, 0.15) is 303 Å². The molecule has 470 valence electrons. The number of ether oxygens (including phenoxy) is 3. The van der Waals surface area contributed by atoms with Gasteiger partial charge < -0.3 is 14.2 Å². The van der Waals surface area contributed by atoms with Crippen molar-refractivity contribution in [2.45, 2.75) is 309 Å². The van der Waals surface area contributed by atoms with Crippen LogP contribution in [0.5, 0.6) is 0 Å². The van der Waals surface area contributed by atoms with Gasteiger partial charge in [0.15, 0.2) is 6.10 Å². The zero-order valence-electron chi connectivity index (χ0n) is 53.9. The summed E-state index contributed by atoms with van der Waals surface area (Å²) >= 11 is 0. The average molecular weight is 1150 g/mol. The highest BCUT2D eigenvalue weighted by Crippen LogP contribution is 2.16. The van der Waals surface area contributed by atoms with Gasteiger partial charge in [-0.1, -0.05) is 308 Å². The molecule has 0 rings (SSSR count). The van der Waals surface area contributed by atoms with E-state index in [1.54, 1.807) is 0 Å². The van der Waals surface area contributed by atoms with Crippen molar-refractivity contribution < 1.29 is 28.6 Å². The maximum Gasteiger partial charge on any atom is 0.306 e. The summed E-state index contributed by atoms with van der Waals surface area (Å²) in [4.78, 5) is 38.4. The first kappa shape index (κ1) is 78.3. The van der Waals surface area contributed by atoms with Crippen molar-refractivity contribution in [3.05, 3.63) is 146 Å². The highest BCUT2D eigenvalue weighted by molar-refractivity contribution is 5.71. The molecule has 0 N–H and O–H groups in total. The van der Waals surface area contributed by atoms with Crippen LogP contribution < -0.4 is 0 Å². The van der Waals surface area contributed by atoms with Crippen LogP contribution in [0, 0.1) is 0 Å². The molecule has 0 aliphatic rings. The maximum absolute atomic E-state index is 12.9. The summed E-state index contributed by atoms with van der Waals surface area (Å²) in [5.41, 5.74) is 0. The molecule has 0 aliphatic carbocycles. The van der Waals surface area contributed by atoms with Gasteiger partial charge in [0, 0.05) is 19.3 Å². The third kappa shape index (κ3) is 68.0. The Balaban J connectivity index is 4.43. The van der Waals surface area contributed by atoms with Crippen molar-refractivity contribution in [1.29, 1.82) is 0 Å². The first-order valence-corrected chi connectivity index (χ1v) is 34.3. The van der Waals surface area contributed by atoms with Crippen LogP contribution in [0.25, 0.3) is 0 Å². The van der Waals surface area contributed by atoms with E-state index in [0.717, 1.165) is 148 Å². The predicted molar refractivity (Wildman–Crippen MR) is 362 cm³/mol. The summed E-state index contributed by atoms with van der Waals surface area (Å²) in [6, 6.07) is 0. The lowest BCUT2D eigenvalue weighted by atomic mass is 10.0. The third-order valence-electron chi connectivity index (χ3n) is 14.3. The first-order chi connectivity index (χ1) is 41.0. The number of carbonyl (C=O) groups excluding carboxylic acids is 3. The number of allylic oxidation sites excluding steroid dienone is 24. The molecule has 0 aromatic carbocycles. The Morgan fingerprint density at radius 2 is 0.470 bits per heavy atom. The Morgan fingerprint density at radius 3 is 0.747 bits per heavy atom. The van der Waals surface area contributed by atoms with E-state index >= 15 is 0 Å². The minimum absolute atomic E-state index is 0.0971. The predicted octanol–water partition coefficient (Wildman–Crippen LogP) is 23.9. The third-order valence-corrected chi connectivity index (χ3v) is 14.3. The van der Waals surface area contributed by atoms with E-state index in [-0.39, 0.29) is 37.5 Å². The number of rotatable bonds is 61. The largest absolute Gasteiger partial charge is 0.462 e. The van der Waals surface area contributed by atoms with Crippen molar-refractivity contribution in [2.75, 3.05) is 13.2 Å². The van der Waals surface area contributed by atoms with Crippen molar-refractivity contribution in [3.8, 4) is 0 Å². The molecule has 0 aromatic heterocycles. The molecule has 6 nitrogen and oxygen atoms in total. The molecule has 0 fully saturated rings. The number of carbonyl (C=O) groups is 3. The van der Waals surface area contributed by atoms with E-state index in [4.69, 9.17) is 14.2 Å². The molecule has 0 heterocycles. The smallest absolute Gasteiger partial charge is 0.306 e. The number of hydrogen-bond acceptors (Lipinski definition) is 6. The van der Waals surface area contributed by atoms with Crippen molar-refractivity contribution >= 4 is 17.9 Å². The second-order valence-electron chi connectivity index (χ2n) is 22.3. The standard InChI is InChI=1S/C77H126O6/c1-4-7-10-13-16-19-22-25-28-31-33-34-35-36-37-38-39-40-41-42-44-46-49-52-55-58-61-64-67-70-76(79)82-73-74(72-81-75(78)69-66-63-60-57-54-51-48-45-30-27-24-21-18-15-12-9-6-3)83-77(80)71-68-65-62-59-56-53-50-47-43-32-29-26-23-20-17-14-11-8-5-2/h7-8,10-11,16-17,19-20,25-26,28-29,33-34,36-37,39-40,42-44,47,53,56,74H,4-6,9,12-15,18,21-24,27,30-32,35,38,41,45-46,48-52,54-55,57-73H2,1-3H3/b10-7-,11-8-,19-16-,20-17-,28-25-,29-26-,34-33-,37-36-,40-39-,44-42-,47-43-,56-53-. The molecular weight excluding hydrogens is 1020 g/mol. The van der Waals surface area contributed by atoms with Crippen LogP contribution in [-0.2, 0) is 28.6 Å². The summed E-state index contributed by atoms with van der Waals surface area (Å²) in [6.07, 6.45) is 100.0. The monoisotopic (exact) mass is 1150 g/mol. The SMILES string of the molecule is CC/C=C\C/C=C\C/C=C\C/C=C\C/C=C\C/C=C\C/C=C\CCCCCCCCCC(=O)OCC(COC(=O)CCCCCCCCCCCCCCCCCCC)OC(=O)CCCCC/C=C\C/C=C\C/C=C\C/C=C\C/C=C\CC. The van der Waals surface area contributed by atoms with Gasteiger partial charge in [-0.3, -0.25) is 14.4 Å². The van der Waals surface area contributed by atoms with Gasteiger partial charge in [-0.2, -0.15) is 0 Å². The molecular formula is C77H126O6. The van der Waals surface area contributed by atoms with Crippen molar-refractivity contribution in [2.24, 2.45) is 0 Å². The Labute approximate surface area is 512 Å². The summed E-state index contributed by atoms with van der Waals surface area (Å²) < 4.78 is 16.9. The van der Waals surface area contributed by atoms with Gasteiger partial charge in [0.2, 0.25) is 0 Å². The minimum Gasteiger partial charge on any atom is -0.462 e. The second-order valence-corrected chi connectivity index (χ2v) is 22.3. The summed E-state index contributed by atoms with van der Waals surface area (Å²) in [5, 5.41) is 0. The quantitative estimate of drug-likeness (QED) is 0.0261. The van der Waals surface area contributed by atoms with Crippen LogP contribution in [-0.4, -0.2) is 37.2 Å². The fourth-order valence-corrected chi connectivity index (χ4v) is 9.27. The molecule has 0 aliphatic heterocycles. The first-order valence-electron chi connectivity index (χ1n) is 34.3. The van der Waals surface area contributed by atoms with E-state index in [9.17, 15) is 14.4 Å². The van der Waals surface area contributed by atoms with Gasteiger partial charge in [0.25, 0.3) is 0 Å². The lowest BCUT2D eigenvalue weighted by molar-refractivity contribution is -0.167. The van der Waals surface area contributed by atoms with Crippen LogP contribution in [0.4, 0.5) is 0 Å². The fraction of sp³-hybridized carbons (Fsp3) is 0.649. The maximum atomic E-state index is 12.9. The molecule has 1 unspecified atom stereocenters. The van der Waals surface area contributed by atoms with Gasteiger partial charge >= 0.3 is 17.9 Å². The number of esters is 3. The van der Waals surface area contributed by atoms with Gasteiger partial charge in [0.05, 0.1) is 0 Å². The van der Waals surface area contributed by atoms with Gasteiger partial charge in [-0.05, 0) is 122 Å². The highest BCUT2D eigenvalue weighted by atomic mass is 16.6. The molecule has 0 bridgehead atoms. The molecule has 83 heavy (non-hydrogen) atoms. The van der Waals surface area contributed by atoms with Crippen LogP contribution in [0.3, 0.4) is 0 Å².